The molecule has 6 nitrogen and oxygen atoms in total. The topological polar surface area (TPSA) is 92.7 Å². The summed E-state index contributed by atoms with van der Waals surface area (Å²) in [7, 11) is 1.46. The standard InChI is InChI=1S/C13H15NO5/c1-8(15)9-3-4-11(19-2)10(5-9)6-12(16)14-7-13(17)18/h3-5H,6-7H2,1-2H3,(H,14,16)(H,17,18). The quantitative estimate of drug-likeness (QED) is 0.736. The van der Waals surface area contributed by atoms with Crippen LogP contribution in [0.25, 0.3) is 0 Å². The molecule has 0 fully saturated rings. The van der Waals surface area contributed by atoms with Gasteiger partial charge in [0.2, 0.25) is 5.91 Å². The summed E-state index contributed by atoms with van der Waals surface area (Å²) >= 11 is 0. The molecule has 0 aliphatic heterocycles. The highest BCUT2D eigenvalue weighted by atomic mass is 16.5. The second-order valence-electron chi connectivity index (χ2n) is 3.93. The van der Waals surface area contributed by atoms with E-state index in [-0.39, 0.29) is 12.2 Å². The van der Waals surface area contributed by atoms with Crippen molar-refractivity contribution in [2.45, 2.75) is 13.3 Å². The molecular formula is C13H15NO5. The smallest absolute Gasteiger partial charge is 0.322 e. The Morgan fingerprint density at radius 1 is 1.32 bits per heavy atom. The number of nitrogens with one attached hydrogen (secondary N) is 1. The van der Waals surface area contributed by atoms with Gasteiger partial charge in [0.1, 0.15) is 12.3 Å². The zero-order valence-electron chi connectivity index (χ0n) is 10.7. The number of aliphatic carboxylic acids is 1. The molecular weight excluding hydrogens is 250 g/mol. The van der Waals surface area contributed by atoms with Crippen molar-refractivity contribution in [3.8, 4) is 5.75 Å². The predicted octanol–water partition coefficient (Wildman–Crippen LogP) is 0.641. The minimum absolute atomic E-state index is 0.0441. The third-order valence-electron chi connectivity index (χ3n) is 2.47. The SMILES string of the molecule is COc1ccc(C(C)=O)cc1CC(=O)NCC(=O)O. The Balaban J connectivity index is 2.85. The van der Waals surface area contributed by atoms with E-state index < -0.39 is 18.4 Å². The highest BCUT2D eigenvalue weighted by Crippen LogP contribution is 2.20. The molecule has 1 amide bonds. The number of benzene rings is 1. The van der Waals surface area contributed by atoms with E-state index in [1.807, 2.05) is 0 Å². The van der Waals surface area contributed by atoms with E-state index in [1.54, 1.807) is 18.2 Å². The summed E-state index contributed by atoms with van der Waals surface area (Å²) in [5.41, 5.74) is 1.01. The largest absolute Gasteiger partial charge is 0.496 e. The van der Waals surface area contributed by atoms with Crippen molar-refractivity contribution in [3.05, 3.63) is 29.3 Å². The monoisotopic (exact) mass is 265 g/mol. The highest BCUT2D eigenvalue weighted by Gasteiger charge is 2.12. The number of carboxylic acids is 1. The van der Waals surface area contributed by atoms with Crippen LogP contribution in [0.2, 0.25) is 0 Å². The number of carbonyl (C=O) groups is 3. The number of Topliss-reactive ketones (excluding diaryl/α,β-unsaturated/α-hetero) is 1. The molecule has 0 radical (unpaired) electrons. The second-order valence-corrected chi connectivity index (χ2v) is 3.93. The number of ether oxygens (including phenoxy) is 1. The van der Waals surface area contributed by atoms with Gasteiger partial charge in [-0.25, -0.2) is 0 Å². The van der Waals surface area contributed by atoms with Crippen molar-refractivity contribution >= 4 is 17.7 Å². The molecule has 0 heterocycles. The van der Waals surface area contributed by atoms with Crippen LogP contribution in [0, 0.1) is 0 Å². The van der Waals surface area contributed by atoms with Gasteiger partial charge in [-0.05, 0) is 25.1 Å². The fraction of sp³-hybridized carbons (Fsp3) is 0.308. The van der Waals surface area contributed by atoms with Gasteiger partial charge in [0.25, 0.3) is 0 Å². The maximum absolute atomic E-state index is 11.6. The van der Waals surface area contributed by atoms with E-state index in [0.29, 0.717) is 16.9 Å². The summed E-state index contributed by atoms with van der Waals surface area (Å²) in [6, 6.07) is 4.79. The maximum Gasteiger partial charge on any atom is 0.322 e. The molecule has 0 saturated heterocycles. The zero-order chi connectivity index (χ0) is 14.4. The maximum atomic E-state index is 11.6. The summed E-state index contributed by atoms with van der Waals surface area (Å²) in [5.74, 6) is -1.19. The Labute approximate surface area is 110 Å². The Morgan fingerprint density at radius 3 is 2.53 bits per heavy atom. The third-order valence-corrected chi connectivity index (χ3v) is 2.47. The van der Waals surface area contributed by atoms with Crippen LogP contribution >= 0.6 is 0 Å². The van der Waals surface area contributed by atoms with Crippen molar-refractivity contribution in [2.75, 3.05) is 13.7 Å². The molecule has 0 unspecified atom stereocenters. The number of rotatable bonds is 6. The number of ketones is 1. The average Bonchev–Trinajstić information content (AvgIpc) is 2.36. The summed E-state index contributed by atoms with van der Waals surface area (Å²) in [6.07, 6.45) is -0.0441. The third kappa shape index (κ3) is 4.42. The van der Waals surface area contributed by atoms with E-state index in [0.717, 1.165) is 0 Å². The van der Waals surface area contributed by atoms with E-state index in [9.17, 15) is 14.4 Å². The van der Waals surface area contributed by atoms with Gasteiger partial charge in [0.05, 0.1) is 13.5 Å². The van der Waals surface area contributed by atoms with Crippen molar-refractivity contribution in [2.24, 2.45) is 0 Å². The van der Waals surface area contributed by atoms with Crippen LogP contribution in [0.1, 0.15) is 22.8 Å². The summed E-state index contributed by atoms with van der Waals surface area (Å²) in [5, 5.41) is 10.7. The molecule has 0 aliphatic rings. The Morgan fingerprint density at radius 2 is 2.00 bits per heavy atom. The lowest BCUT2D eigenvalue weighted by molar-refractivity contribution is -0.137. The van der Waals surface area contributed by atoms with Gasteiger partial charge in [-0.1, -0.05) is 0 Å². The molecule has 1 aromatic carbocycles. The fourth-order valence-electron chi connectivity index (χ4n) is 1.55. The van der Waals surface area contributed by atoms with E-state index in [1.165, 1.54) is 14.0 Å². The predicted molar refractivity (Wildman–Crippen MR) is 67.3 cm³/mol. The summed E-state index contributed by atoms with van der Waals surface area (Å²) in [4.78, 5) is 33.2. The van der Waals surface area contributed by atoms with Gasteiger partial charge in [-0.2, -0.15) is 0 Å². The Bertz CT molecular complexity index is 510. The average molecular weight is 265 g/mol. The van der Waals surface area contributed by atoms with Crippen molar-refractivity contribution < 1.29 is 24.2 Å². The molecule has 0 aliphatic carbocycles. The molecule has 1 aromatic rings. The van der Waals surface area contributed by atoms with Crippen LogP contribution in [0.5, 0.6) is 5.75 Å². The first-order valence-electron chi connectivity index (χ1n) is 5.60. The number of carboxylic acid groups (broad SMARTS) is 1. The first-order valence-corrected chi connectivity index (χ1v) is 5.60. The summed E-state index contributed by atoms with van der Waals surface area (Å²) in [6.45, 7) is 0.990. The highest BCUT2D eigenvalue weighted by molar-refractivity contribution is 5.94. The molecule has 2 N–H and O–H groups in total. The lowest BCUT2D eigenvalue weighted by Crippen LogP contribution is -2.30. The fourth-order valence-corrected chi connectivity index (χ4v) is 1.55. The first-order chi connectivity index (χ1) is 8.93. The van der Waals surface area contributed by atoms with Gasteiger partial charge in [0.15, 0.2) is 5.78 Å². The number of hydrogen-bond donors (Lipinski definition) is 2. The van der Waals surface area contributed by atoms with Crippen LogP contribution in [-0.4, -0.2) is 36.4 Å². The van der Waals surface area contributed by atoms with Crippen LogP contribution < -0.4 is 10.1 Å². The van der Waals surface area contributed by atoms with Gasteiger partial charge in [-0.3, -0.25) is 14.4 Å². The summed E-state index contributed by atoms with van der Waals surface area (Å²) < 4.78 is 5.10. The second kappa shape index (κ2) is 6.53. The minimum atomic E-state index is -1.11. The molecule has 0 saturated carbocycles. The normalized spacial score (nSPS) is 9.79. The number of hydrogen-bond acceptors (Lipinski definition) is 4. The van der Waals surface area contributed by atoms with Gasteiger partial charge >= 0.3 is 5.97 Å². The van der Waals surface area contributed by atoms with E-state index in [2.05, 4.69) is 5.32 Å². The molecule has 0 aromatic heterocycles. The van der Waals surface area contributed by atoms with Crippen LogP contribution in [0.3, 0.4) is 0 Å². The molecule has 1 rings (SSSR count). The number of carbonyl (C=O) groups excluding carboxylic acids is 2. The molecule has 0 bridgehead atoms. The van der Waals surface area contributed by atoms with Crippen LogP contribution in [-0.2, 0) is 16.0 Å². The molecule has 102 valence electrons. The van der Waals surface area contributed by atoms with Gasteiger partial charge < -0.3 is 15.2 Å². The van der Waals surface area contributed by atoms with Crippen LogP contribution in [0.15, 0.2) is 18.2 Å². The molecule has 0 spiro atoms. The van der Waals surface area contributed by atoms with Gasteiger partial charge in [-0.15, -0.1) is 0 Å². The van der Waals surface area contributed by atoms with Crippen molar-refractivity contribution in [1.82, 2.24) is 5.32 Å². The van der Waals surface area contributed by atoms with E-state index in [4.69, 9.17) is 9.84 Å². The zero-order valence-corrected chi connectivity index (χ0v) is 10.7. The minimum Gasteiger partial charge on any atom is -0.496 e. The van der Waals surface area contributed by atoms with E-state index >= 15 is 0 Å². The lowest BCUT2D eigenvalue weighted by Gasteiger charge is -2.09. The Hall–Kier alpha value is -2.37. The lowest BCUT2D eigenvalue weighted by atomic mass is 10.0. The first kappa shape index (κ1) is 14.7. The molecule has 19 heavy (non-hydrogen) atoms. The Kier molecular flexibility index (Phi) is 5.05. The molecule has 0 atom stereocenters. The molecule has 6 heteroatoms. The van der Waals surface area contributed by atoms with Crippen molar-refractivity contribution in [1.29, 1.82) is 0 Å². The number of methoxy groups -OCH3 is 1. The number of amides is 1. The van der Waals surface area contributed by atoms with Crippen LogP contribution in [0.4, 0.5) is 0 Å². The van der Waals surface area contributed by atoms with Crippen molar-refractivity contribution in [3.63, 3.8) is 0 Å². The van der Waals surface area contributed by atoms with Gasteiger partial charge in [0, 0.05) is 11.1 Å².